The first-order chi connectivity index (χ1) is 14.7. The van der Waals surface area contributed by atoms with E-state index in [4.69, 9.17) is 14.2 Å². The van der Waals surface area contributed by atoms with Gasteiger partial charge in [0.2, 0.25) is 0 Å². The Kier molecular flexibility index (Phi) is 6.74. The van der Waals surface area contributed by atoms with E-state index in [1.54, 1.807) is 7.11 Å². The SMILES string of the molecule is COc1ccc(N2CCC(NC(=O)c3ccc(OCC4CCCO4)cc3)CC2)cc1. The fourth-order valence-corrected chi connectivity index (χ4v) is 4.01. The van der Waals surface area contributed by atoms with Crippen molar-refractivity contribution in [3.8, 4) is 11.5 Å². The molecule has 0 aliphatic carbocycles. The Bertz CT molecular complexity index is 808. The largest absolute Gasteiger partial charge is 0.497 e. The van der Waals surface area contributed by atoms with Gasteiger partial charge in [-0.3, -0.25) is 4.79 Å². The normalized spacial score (nSPS) is 19.5. The average molecular weight is 411 g/mol. The van der Waals surface area contributed by atoms with Crippen LogP contribution in [0.2, 0.25) is 0 Å². The molecule has 160 valence electrons. The second-order valence-electron chi connectivity index (χ2n) is 7.90. The summed E-state index contributed by atoms with van der Waals surface area (Å²) in [4.78, 5) is 15.0. The van der Waals surface area contributed by atoms with Crippen LogP contribution in [0.3, 0.4) is 0 Å². The number of amides is 1. The Labute approximate surface area is 178 Å². The molecule has 6 nitrogen and oxygen atoms in total. The third kappa shape index (κ3) is 5.25. The number of hydrogen-bond acceptors (Lipinski definition) is 5. The second-order valence-corrected chi connectivity index (χ2v) is 7.90. The van der Waals surface area contributed by atoms with Gasteiger partial charge in [-0.15, -0.1) is 0 Å². The number of anilines is 1. The van der Waals surface area contributed by atoms with Crippen molar-refractivity contribution in [2.75, 3.05) is 38.3 Å². The number of methoxy groups -OCH3 is 1. The quantitative estimate of drug-likeness (QED) is 0.755. The minimum atomic E-state index is -0.0245. The Morgan fingerprint density at radius 2 is 1.73 bits per heavy atom. The van der Waals surface area contributed by atoms with Crippen LogP contribution >= 0.6 is 0 Å². The third-order valence-electron chi connectivity index (χ3n) is 5.84. The number of rotatable bonds is 7. The molecule has 30 heavy (non-hydrogen) atoms. The first-order valence-electron chi connectivity index (χ1n) is 10.8. The highest BCUT2D eigenvalue weighted by atomic mass is 16.5. The van der Waals surface area contributed by atoms with E-state index >= 15 is 0 Å². The molecule has 1 amide bonds. The van der Waals surface area contributed by atoms with Crippen molar-refractivity contribution in [1.82, 2.24) is 5.32 Å². The Morgan fingerprint density at radius 1 is 1.03 bits per heavy atom. The van der Waals surface area contributed by atoms with Crippen LogP contribution in [0.15, 0.2) is 48.5 Å². The summed E-state index contributed by atoms with van der Waals surface area (Å²) >= 11 is 0. The van der Waals surface area contributed by atoms with Crippen LogP contribution in [0, 0.1) is 0 Å². The van der Waals surface area contributed by atoms with E-state index in [0.29, 0.717) is 12.2 Å². The zero-order valence-corrected chi connectivity index (χ0v) is 17.5. The first kappa shape index (κ1) is 20.5. The van der Waals surface area contributed by atoms with E-state index in [-0.39, 0.29) is 18.1 Å². The molecule has 2 aliphatic rings. The number of nitrogens with zero attached hydrogens (tertiary/aromatic N) is 1. The minimum Gasteiger partial charge on any atom is -0.497 e. The Morgan fingerprint density at radius 3 is 2.37 bits per heavy atom. The van der Waals surface area contributed by atoms with Crippen LogP contribution in [0.1, 0.15) is 36.0 Å². The monoisotopic (exact) mass is 410 g/mol. The fraction of sp³-hybridized carbons (Fsp3) is 0.458. The molecule has 1 atom stereocenters. The maximum absolute atomic E-state index is 12.6. The highest BCUT2D eigenvalue weighted by molar-refractivity contribution is 5.94. The van der Waals surface area contributed by atoms with E-state index in [2.05, 4.69) is 22.3 Å². The van der Waals surface area contributed by atoms with Crippen LogP contribution in [0.25, 0.3) is 0 Å². The molecule has 6 heteroatoms. The molecule has 2 aromatic rings. The summed E-state index contributed by atoms with van der Waals surface area (Å²) in [5.41, 5.74) is 1.86. The number of ether oxygens (including phenoxy) is 3. The average Bonchev–Trinajstić information content (AvgIpc) is 3.32. The summed E-state index contributed by atoms with van der Waals surface area (Å²) in [7, 11) is 1.68. The van der Waals surface area contributed by atoms with Crippen molar-refractivity contribution in [1.29, 1.82) is 0 Å². The van der Waals surface area contributed by atoms with Gasteiger partial charge in [-0.05, 0) is 74.2 Å². The lowest BCUT2D eigenvalue weighted by atomic mass is 10.0. The maximum Gasteiger partial charge on any atom is 0.251 e. The molecule has 0 aromatic heterocycles. The topological polar surface area (TPSA) is 60.0 Å². The van der Waals surface area contributed by atoms with Crippen molar-refractivity contribution in [3.05, 3.63) is 54.1 Å². The van der Waals surface area contributed by atoms with Crippen LogP contribution < -0.4 is 19.7 Å². The number of carbonyl (C=O) groups is 1. The third-order valence-corrected chi connectivity index (χ3v) is 5.84. The number of hydrogen-bond donors (Lipinski definition) is 1. The second kappa shape index (κ2) is 9.85. The molecule has 2 aromatic carbocycles. The van der Waals surface area contributed by atoms with Crippen LogP contribution in [-0.2, 0) is 4.74 Å². The molecule has 0 saturated carbocycles. The smallest absolute Gasteiger partial charge is 0.251 e. The standard InChI is InChI=1S/C24H30N2O4/c1-28-21-10-6-20(7-11-21)26-14-12-19(13-15-26)25-24(27)18-4-8-22(9-5-18)30-17-23-3-2-16-29-23/h4-11,19,23H,2-3,12-17H2,1H3,(H,25,27). The van der Waals surface area contributed by atoms with Gasteiger partial charge in [-0.2, -0.15) is 0 Å². The Hall–Kier alpha value is -2.73. The highest BCUT2D eigenvalue weighted by Gasteiger charge is 2.21. The molecule has 2 aliphatic heterocycles. The Balaban J connectivity index is 1.23. The summed E-state index contributed by atoms with van der Waals surface area (Å²) in [5, 5.41) is 3.18. The van der Waals surface area contributed by atoms with Gasteiger partial charge in [0.05, 0.1) is 13.2 Å². The fourth-order valence-electron chi connectivity index (χ4n) is 4.01. The lowest BCUT2D eigenvalue weighted by Gasteiger charge is -2.34. The van der Waals surface area contributed by atoms with E-state index in [1.807, 2.05) is 36.4 Å². The maximum atomic E-state index is 12.6. The van der Waals surface area contributed by atoms with Gasteiger partial charge in [0.25, 0.3) is 5.91 Å². The van der Waals surface area contributed by atoms with Gasteiger partial charge >= 0.3 is 0 Å². The van der Waals surface area contributed by atoms with E-state index in [9.17, 15) is 4.79 Å². The summed E-state index contributed by atoms with van der Waals surface area (Å²) in [6.45, 7) is 3.24. The van der Waals surface area contributed by atoms with E-state index in [0.717, 1.165) is 56.9 Å². The summed E-state index contributed by atoms with van der Waals surface area (Å²) < 4.78 is 16.6. The lowest BCUT2D eigenvalue weighted by molar-refractivity contribution is 0.0679. The molecule has 1 unspecified atom stereocenters. The summed E-state index contributed by atoms with van der Waals surface area (Å²) in [6.07, 6.45) is 4.21. The first-order valence-corrected chi connectivity index (χ1v) is 10.8. The molecule has 2 saturated heterocycles. The van der Waals surface area contributed by atoms with Crippen molar-refractivity contribution in [3.63, 3.8) is 0 Å². The number of benzene rings is 2. The van der Waals surface area contributed by atoms with Crippen LogP contribution in [0.5, 0.6) is 11.5 Å². The highest BCUT2D eigenvalue weighted by Crippen LogP contribution is 2.23. The molecule has 1 N–H and O–H groups in total. The molecular formula is C24H30N2O4. The van der Waals surface area contributed by atoms with Crippen molar-refractivity contribution in [2.45, 2.75) is 37.8 Å². The van der Waals surface area contributed by atoms with Crippen LogP contribution in [0.4, 0.5) is 5.69 Å². The zero-order valence-electron chi connectivity index (χ0n) is 17.5. The molecule has 0 bridgehead atoms. The zero-order chi connectivity index (χ0) is 20.8. The lowest BCUT2D eigenvalue weighted by Crippen LogP contribution is -2.44. The van der Waals surface area contributed by atoms with Crippen molar-refractivity contribution < 1.29 is 19.0 Å². The van der Waals surface area contributed by atoms with Crippen LogP contribution in [-0.4, -0.2) is 51.5 Å². The number of carbonyl (C=O) groups excluding carboxylic acids is 1. The molecule has 4 rings (SSSR count). The van der Waals surface area contributed by atoms with E-state index < -0.39 is 0 Å². The molecule has 2 heterocycles. The van der Waals surface area contributed by atoms with Crippen molar-refractivity contribution >= 4 is 11.6 Å². The number of piperidine rings is 1. The predicted molar refractivity (Wildman–Crippen MR) is 117 cm³/mol. The molecule has 0 radical (unpaired) electrons. The van der Waals surface area contributed by atoms with E-state index in [1.165, 1.54) is 5.69 Å². The predicted octanol–water partition coefficient (Wildman–Crippen LogP) is 3.65. The summed E-state index contributed by atoms with van der Waals surface area (Å²) in [6, 6.07) is 15.7. The molecule has 0 spiro atoms. The molecular weight excluding hydrogens is 380 g/mol. The van der Waals surface area contributed by atoms with Gasteiger partial charge in [-0.25, -0.2) is 0 Å². The van der Waals surface area contributed by atoms with Gasteiger partial charge < -0.3 is 24.4 Å². The minimum absolute atomic E-state index is 0.0245. The van der Waals surface area contributed by atoms with Crippen molar-refractivity contribution in [2.24, 2.45) is 0 Å². The van der Waals surface area contributed by atoms with Gasteiger partial charge in [-0.1, -0.05) is 0 Å². The van der Waals surface area contributed by atoms with Gasteiger partial charge in [0.1, 0.15) is 18.1 Å². The molecule has 2 fully saturated rings. The number of nitrogens with one attached hydrogen (secondary N) is 1. The van der Waals surface area contributed by atoms with Gasteiger partial charge in [0.15, 0.2) is 0 Å². The van der Waals surface area contributed by atoms with Gasteiger partial charge in [0, 0.05) is 37.0 Å². The summed E-state index contributed by atoms with van der Waals surface area (Å²) in [5.74, 6) is 1.61.